The van der Waals surface area contributed by atoms with Gasteiger partial charge in [0.25, 0.3) is 5.91 Å². The van der Waals surface area contributed by atoms with Gasteiger partial charge in [-0.1, -0.05) is 12.7 Å². The molecule has 1 N–H and O–H groups in total. The van der Waals surface area contributed by atoms with Crippen LogP contribution in [0.3, 0.4) is 0 Å². The summed E-state index contributed by atoms with van der Waals surface area (Å²) in [5, 5.41) is 2.64. The predicted molar refractivity (Wildman–Crippen MR) is 92.6 cm³/mol. The third-order valence-corrected chi connectivity index (χ3v) is 3.53. The smallest absolute Gasteiger partial charge is 0.339 e. The number of hydrogen-bond acceptors (Lipinski definition) is 5. The average Bonchev–Trinajstić information content (AvgIpc) is 3.07. The maximum absolute atomic E-state index is 12.3. The van der Waals surface area contributed by atoms with Crippen LogP contribution in [-0.2, 0) is 27.4 Å². The number of methoxy groups -OCH3 is 2. The Morgan fingerprint density at radius 1 is 1.23 bits per heavy atom. The molecule has 0 saturated heterocycles. The van der Waals surface area contributed by atoms with Gasteiger partial charge in [0.05, 0.1) is 31.0 Å². The summed E-state index contributed by atoms with van der Waals surface area (Å²) < 4.78 is 12.9. The second kappa shape index (κ2) is 8.61. The first-order valence-corrected chi connectivity index (χ1v) is 7.74. The van der Waals surface area contributed by atoms with Crippen LogP contribution in [-0.4, -0.2) is 36.6 Å². The van der Waals surface area contributed by atoms with Crippen molar-refractivity contribution in [2.24, 2.45) is 0 Å². The Balaban J connectivity index is 2.21. The molecule has 0 radical (unpaired) electrons. The molecule has 0 unspecified atom stereocenters. The van der Waals surface area contributed by atoms with Gasteiger partial charge in [-0.2, -0.15) is 0 Å². The molecule has 8 nitrogen and oxygen atoms in total. The van der Waals surface area contributed by atoms with Gasteiger partial charge in [-0.05, 0) is 18.2 Å². The van der Waals surface area contributed by atoms with Crippen LogP contribution >= 0.6 is 0 Å². The zero-order valence-corrected chi connectivity index (χ0v) is 14.6. The Morgan fingerprint density at radius 2 is 1.96 bits per heavy atom. The molecule has 2 rings (SSSR count). The van der Waals surface area contributed by atoms with Gasteiger partial charge in [0.15, 0.2) is 6.54 Å². The number of hydrogen-bond donors (Lipinski definition) is 1. The number of allylic oxidation sites excluding steroid dienone is 1. The SMILES string of the molecule is C=CCn1cc[n+](CC(=O)Nc2cc(C(=O)OC)ccc2C(=O)OC)c1. The maximum atomic E-state index is 12.3. The highest BCUT2D eigenvalue weighted by Gasteiger charge is 2.18. The summed E-state index contributed by atoms with van der Waals surface area (Å²) in [5.74, 6) is -1.56. The van der Waals surface area contributed by atoms with Crippen molar-refractivity contribution in [3.63, 3.8) is 0 Å². The summed E-state index contributed by atoms with van der Waals surface area (Å²) in [7, 11) is 2.49. The fourth-order valence-corrected chi connectivity index (χ4v) is 2.33. The first-order valence-electron chi connectivity index (χ1n) is 7.74. The minimum absolute atomic E-state index is 0.0349. The molecule has 0 aliphatic rings. The number of anilines is 1. The monoisotopic (exact) mass is 358 g/mol. The Labute approximate surface area is 150 Å². The molecule has 8 heteroatoms. The molecule has 1 amide bonds. The van der Waals surface area contributed by atoms with Crippen molar-refractivity contribution >= 4 is 23.5 Å². The third-order valence-electron chi connectivity index (χ3n) is 3.53. The van der Waals surface area contributed by atoms with E-state index in [9.17, 15) is 14.4 Å². The minimum atomic E-state index is -0.624. The lowest BCUT2D eigenvalue weighted by Crippen LogP contribution is -2.38. The Hall–Kier alpha value is -3.42. The molecule has 0 atom stereocenters. The van der Waals surface area contributed by atoms with Crippen LogP contribution in [0.25, 0.3) is 0 Å². The summed E-state index contributed by atoms with van der Waals surface area (Å²) in [5.41, 5.74) is 0.527. The average molecular weight is 358 g/mol. The summed E-state index contributed by atoms with van der Waals surface area (Å²) >= 11 is 0. The Morgan fingerprint density at radius 3 is 2.62 bits per heavy atom. The summed E-state index contributed by atoms with van der Waals surface area (Å²) in [6.45, 7) is 4.32. The van der Waals surface area contributed by atoms with E-state index >= 15 is 0 Å². The number of benzene rings is 1. The van der Waals surface area contributed by atoms with E-state index in [1.165, 1.54) is 32.4 Å². The molecule has 26 heavy (non-hydrogen) atoms. The molecule has 0 saturated carbocycles. The predicted octanol–water partition coefficient (Wildman–Crippen LogP) is 1.17. The number of carbonyl (C=O) groups excluding carboxylic acids is 3. The van der Waals surface area contributed by atoms with Gasteiger partial charge in [-0.3, -0.25) is 4.79 Å². The molecule has 0 aliphatic heterocycles. The molecule has 136 valence electrons. The number of aromatic nitrogens is 2. The van der Waals surface area contributed by atoms with Crippen LogP contribution in [0.2, 0.25) is 0 Å². The van der Waals surface area contributed by atoms with E-state index in [-0.39, 0.29) is 29.3 Å². The van der Waals surface area contributed by atoms with Gasteiger partial charge in [0, 0.05) is 0 Å². The zero-order valence-electron chi connectivity index (χ0n) is 14.6. The summed E-state index contributed by atoms with van der Waals surface area (Å²) in [6, 6.07) is 4.21. The van der Waals surface area contributed by atoms with Crippen LogP contribution in [0, 0.1) is 0 Å². The van der Waals surface area contributed by atoms with Gasteiger partial charge in [0.2, 0.25) is 6.33 Å². The third kappa shape index (κ3) is 4.56. The van der Waals surface area contributed by atoms with Crippen LogP contribution in [0.1, 0.15) is 20.7 Å². The van der Waals surface area contributed by atoms with Crippen molar-refractivity contribution in [3.8, 4) is 0 Å². The molecular formula is C18H20N3O5+. The van der Waals surface area contributed by atoms with Crippen molar-refractivity contribution < 1.29 is 28.4 Å². The van der Waals surface area contributed by atoms with Crippen molar-refractivity contribution in [3.05, 3.63) is 60.7 Å². The lowest BCUT2D eigenvalue weighted by molar-refractivity contribution is -0.683. The number of carbonyl (C=O) groups is 3. The first-order chi connectivity index (χ1) is 12.5. The minimum Gasteiger partial charge on any atom is -0.465 e. The topological polar surface area (TPSA) is 90.5 Å². The molecule has 2 aromatic rings. The molecule has 1 heterocycles. The maximum Gasteiger partial charge on any atom is 0.339 e. The lowest BCUT2D eigenvalue weighted by atomic mass is 10.1. The van der Waals surface area contributed by atoms with Crippen LogP contribution in [0.5, 0.6) is 0 Å². The van der Waals surface area contributed by atoms with Gasteiger partial charge >= 0.3 is 11.9 Å². The van der Waals surface area contributed by atoms with Crippen molar-refractivity contribution in [2.45, 2.75) is 13.1 Å². The standard InChI is InChI=1S/C18H19N3O5/c1-4-7-20-8-9-21(12-20)11-16(22)19-15-10-13(17(23)25-2)5-6-14(15)18(24)26-3/h4-6,8-10,12H,1,7,11H2,2-3H3/p+1. The highest BCUT2D eigenvalue weighted by atomic mass is 16.5. The molecular weight excluding hydrogens is 338 g/mol. The normalized spacial score (nSPS) is 10.1. The van der Waals surface area contributed by atoms with Crippen LogP contribution in [0.4, 0.5) is 5.69 Å². The molecule has 0 spiro atoms. The summed E-state index contributed by atoms with van der Waals surface area (Å²) in [6.07, 6.45) is 7.06. The van der Waals surface area contributed by atoms with E-state index in [0.717, 1.165) is 0 Å². The number of nitrogens with zero attached hydrogens (tertiary/aromatic N) is 2. The molecule has 0 fully saturated rings. The second-order valence-electron chi connectivity index (χ2n) is 5.36. The van der Waals surface area contributed by atoms with Gasteiger partial charge in [-0.15, -0.1) is 0 Å². The largest absolute Gasteiger partial charge is 0.465 e. The van der Waals surface area contributed by atoms with E-state index in [4.69, 9.17) is 4.74 Å². The molecule has 0 aliphatic carbocycles. The van der Waals surface area contributed by atoms with Gasteiger partial charge in [-0.25, -0.2) is 18.7 Å². The van der Waals surface area contributed by atoms with Crippen molar-refractivity contribution in [1.29, 1.82) is 0 Å². The fraction of sp³-hybridized carbons (Fsp3) is 0.222. The molecule has 0 bridgehead atoms. The first kappa shape index (κ1) is 18.9. The van der Waals surface area contributed by atoms with E-state index in [2.05, 4.69) is 16.6 Å². The quantitative estimate of drug-likeness (QED) is 0.456. The highest BCUT2D eigenvalue weighted by Crippen LogP contribution is 2.19. The second-order valence-corrected chi connectivity index (χ2v) is 5.36. The summed E-state index contributed by atoms with van der Waals surface area (Å²) in [4.78, 5) is 35.9. The number of ether oxygens (including phenoxy) is 2. The number of rotatable bonds is 7. The van der Waals surface area contributed by atoms with Crippen molar-refractivity contribution in [2.75, 3.05) is 19.5 Å². The van der Waals surface area contributed by atoms with E-state index in [0.29, 0.717) is 6.54 Å². The van der Waals surface area contributed by atoms with E-state index in [1.807, 2.05) is 10.8 Å². The van der Waals surface area contributed by atoms with Crippen LogP contribution in [0.15, 0.2) is 49.6 Å². The van der Waals surface area contributed by atoms with Crippen molar-refractivity contribution in [1.82, 2.24) is 4.57 Å². The molecule has 1 aromatic heterocycles. The lowest BCUT2D eigenvalue weighted by Gasteiger charge is -2.10. The highest BCUT2D eigenvalue weighted by molar-refractivity contribution is 6.03. The molecule has 1 aromatic carbocycles. The van der Waals surface area contributed by atoms with E-state index in [1.54, 1.807) is 23.2 Å². The number of imidazole rings is 1. The Bertz CT molecular complexity index is 841. The number of esters is 2. The fourth-order valence-electron chi connectivity index (χ4n) is 2.33. The van der Waals surface area contributed by atoms with Crippen LogP contribution < -0.4 is 9.88 Å². The zero-order chi connectivity index (χ0) is 19.1. The van der Waals surface area contributed by atoms with Gasteiger partial charge in [0.1, 0.15) is 18.9 Å². The number of nitrogens with one attached hydrogen (secondary N) is 1. The Kier molecular flexibility index (Phi) is 6.26. The van der Waals surface area contributed by atoms with Gasteiger partial charge < -0.3 is 14.8 Å². The van der Waals surface area contributed by atoms with E-state index < -0.39 is 11.9 Å². The number of amides is 1.